The molecule has 0 radical (unpaired) electrons. The first-order chi connectivity index (χ1) is 13.5. The molecule has 28 heavy (non-hydrogen) atoms. The Morgan fingerprint density at radius 3 is 2.71 bits per heavy atom. The average Bonchev–Trinajstić information content (AvgIpc) is 3.09. The summed E-state index contributed by atoms with van der Waals surface area (Å²) in [7, 11) is 0. The molecular formula is C19H18Cl2N4O2S. The van der Waals surface area contributed by atoms with Crippen molar-refractivity contribution in [1.82, 2.24) is 14.7 Å². The third-order valence-electron chi connectivity index (χ3n) is 4.70. The van der Waals surface area contributed by atoms with E-state index < -0.39 is 6.09 Å². The fourth-order valence-electron chi connectivity index (χ4n) is 3.34. The third-order valence-corrected chi connectivity index (χ3v) is 6.19. The van der Waals surface area contributed by atoms with Gasteiger partial charge < -0.3 is 15.3 Å². The van der Waals surface area contributed by atoms with E-state index in [4.69, 9.17) is 28.3 Å². The SMILES string of the molecule is O=C(O)NCc1cc2ncc(N3CCSCC3)n2cc1-c1ccc(Cl)cc1Cl. The predicted octanol–water partition coefficient (Wildman–Crippen LogP) is 4.63. The minimum absolute atomic E-state index is 0.155. The largest absolute Gasteiger partial charge is 0.465 e. The average molecular weight is 437 g/mol. The van der Waals surface area contributed by atoms with Gasteiger partial charge in [-0.1, -0.05) is 29.3 Å². The molecule has 3 aromatic rings. The highest BCUT2D eigenvalue weighted by molar-refractivity contribution is 7.99. The molecule has 0 spiro atoms. The van der Waals surface area contributed by atoms with Crippen LogP contribution in [0.4, 0.5) is 10.6 Å². The van der Waals surface area contributed by atoms with Gasteiger partial charge >= 0.3 is 6.09 Å². The molecule has 0 atom stereocenters. The molecule has 2 N–H and O–H groups in total. The van der Waals surface area contributed by atoms with Crippen LogP contribution < -0.4 is 10.2 Å². The second-order valence-electron chi connectivity index (χ2n) is 6.44. The summed E-state index contributed by atoms with van der Waals surface area (Å²) in [4.78, 5) is 17.9. The van der Waals surface area contributed by atoms with E-state index in [0.717, 1.165) is 52.8 Å². The van der Waals surface area contributed by atoms with Crippen LogP contribution in [0.3, 0.4) is 0 Å². The summed E-state index contributed by atoms with van der Waals surface area (Å²) in [6.45, 7) is 2.10. The quantitative estimate of drug-likeness (QED) is 0.623. The van der Waals surface area contributed by atoms with Gasteiger partial charge in [-0.25, -0.2) is 9.78 Å². The molecule has 1 amide bonds. The number of pyridine rings is 1. The molecule has 146 valence electrons. The molecule has 0 bridgehead atoms. The molecular weight excluding hydrogens is 419 g/mol. The Morgan fingerprint density at radius 2 is 2.00 bits per heavy atom. The minimum Gasteiger partial charge on any atom is -0.465 e. The van der Waals surface area contributed by atoms with Crippen LogP contribution in [0.25, 0.3) is 16.8 Å². The van der Waals surface area contributed by atoms with E-state index in [1.165, 1.54) is 0 Å². The summed E-state index contributed by atoms with van der Waals surface area (Å²) < 4.78 is 2.04. The molecule has 4 rings (SSSR count). The Morgan fingerprint density at radius 1 is 1.21 bits per heavy atom. The lowest BCUT2D eigenvalue weighted by Gasteiger charge is -2.27. The van der Waals surface area contributed by atoms with E-state index in [1.54, 1.807) is 12.1 Å². The van der Waals surface area contributed by atoms with Crippen molar-refractivity contribution in [2.75, 3.05) is 29.5 Å². The lowest BCUT2D eigenvalue weighted by Crippen LogP contribution is -2.33. The monoisotopic (exact) mass is 436 g/mol. The van der Waals surface area contributed by atoms with E-state index in [9.17, 15) is 4.79 Å². The lowest BCUT2D eigenvalue weighted by atomic mass is 10.0. The van der Waals surface area contributed by atoms with Crippen LogP contribution in [-0.4, -0.2) is 45.2 Å². The maximum absolute atomic E-state index is 11.0. The number of anilines is 1. The molecule has 0 saturated carbocycles. The van der Waals surface area contributed by atoms with Gasteiger partial charge in [0.15, 0.2) is 0 Å². The normalized spacial score (nSPS) is 14.4. The molecule has 1 fully saturated rings. The van der Waals surface area contributed by atoms with Gasteiger partial charge in [0.2, 0.25) is 0 Å². The topological polar surface area (TPSA) is 69.9 Å². The second-order valence-corrected chi connectivity index (χ2v) is 8.51. The highest BCUT2D eigenvalue weighted by Crippen LogP contribution is 2.34. The third kappa shape index (κ3) is 3.87. The highest BCUT2D eigenvalue weighted by Gasteiger charge is 2.18. The maximum atomic E-state index is 11.0. The van der Waals surface area contributed by atoms with Crippen molar-refractivity contribution in [2.24, 2.45) is 0 Å². The molecule has 6 nitrogen and oxygen atoms in total. The van der Waals surface area contributed by atoms with Crippen molar-refractivity contribution in [2.45, 2.75) is 6.54 Å². The number of halogens is 2. The molecule has 0 unspecified atom stereocenters. The number of rotatable bonds is 4. The number of amides is 1. The van der Waals surface area contributed by atoms with Gasteiger partial charge in [0, 0.05) is 58.5 Å². The van der Waals surface area contributed by atoms with Crippen molar-refractivity contribution in [3.05, 3.63) is 52.3 Å². The first-order valence-corrected chi connectivity index (χ1v) is 10.7. The number of nitrogens with zero attached hydrogens (tertiary/aromatic N) is 3. The van der Waals surface area contributed by atoms with Crippen LogP contribution in [0, 0.1) is 0 Å². The zero-order valence-electron chi connectivity index (χ0n) is 14.9. The molecule has 9 heteroatoms. The van der Waals surface area contributed by atoms with E-state index in [0.29, 0.717) is 10.0 Å². The smallest absolute Gasteiger partial charge is 0.404 e. The number of nitrogens with one attached hydrogen (secondary N) is 1. The number of hydrogen-bond acceptors (Lipinski definition) is 4. The van der Waals surface area contributed by atoms with Gasteiger partial charge in [0.1, 0.15) is 11.5 Å². The number of aromatic nitrogens is 2. The van der Waals surface area contributed by atoms with Crippen LogP contribution in [0.15, 0.2) is 36.7 Å². The van der Waals surface area contributed by atoms with Crippen molar-refractivity contribution in [3.8, 4) is 11.1 Å². The van der Waals surface area contributed by atoms with Crippen molar-refractivity contribution in [1.29, 1.82) is 0 Å². The van der Waals surface area contributed by atoms with Gasteiger partial charge in [0.05, 0.1) is 6.20 Å². The first kappa shape index (κ1) is 19.2. The Labute approximate surface area is 176 Å². The molecule has 0 aliphatic carbocycles. The molecule has 1 aliphatic heterocycles. The Balaban J connectivity index is 1.85. The van der Waals surface area contributed by atoms with Gasteiger partial charge in [-0.15, -0.1) is 0 Å². The predicted molar refractivity (Wildman–Crippen MR) is 115 cm³/mol. The molecule has 1 saturated heterocycles. The lowest BCUT2D eigenvalue weighted by molar-refractivity contribution is 0.194. The van der Waals surface area contributed by atoms with E-state index in [-0.39, 0.29) is 6.54 Å². The zero-order chi connectivity index (χ0) is 19.7. The molecule has 2 aromatic heterocycles. The zero-order valence-corrected chi connectivity index (χ0v) is 17.2. The number of carbonyl (C=O) groups is 1. The first-order valence-electron chi connectivity index (χ1n) is 8.78. The number of benzene rings is 1. The van der Waals surface area contributed by atoms with E-state index >= 15 is 0 Å². The standard InChI is InChI=1S/C19H18Cl2N4O2S/c20-13-1-2-14(16(21)8-13)15-11-25-17(7-12(15)9-23-19(26)27)22-10-18(25)24-3-5-28-6-4-24/h1-2,7-8,10-11,23H,3-6,9H2,(H,26,27). The Bertz CT molecular complexity index is 1030. The number of carboxylic acid groups (broad SMARTS) is 1. The molecule has 1 aliphatic rings. The van der Waals surface area contributed by atoms with Crippen molar-refractivity contribution < 1.29 is 9.90 Å². The van der Waals surface area contributed by atoms with E-state index in [1.807, 2.05) is 40.7 Å². The van der Waals surface area contributed by atoms with E-state index in [2.05, 4.69) is 15.2 Å². The minimum atomic E-state index is -1.08. The van der Waals surface area contributed by atoms with Crippen LogP contribution in [-0.2, 0) is 6.54 Å². The fraction of sp³-hybridized carbons (Fsp3) is 0.263. The van der Waals surface area contributed by atoms with Crippen LogP contribution >= 0.6 is 35.0 Å². The van der Waals surface area contributed by atoms with Gasteiger partial charge in [0.25, 0.3) is 0 Å². The van der Waals surface area contributed by atoms with Gasteiger partial charge in [-0.05, 0) is 23.8 Å². The van der Waals surface area contributed by atoms with Crippen molar-refractivity contribution in [3.63, 3.8) is 0 Å². The Hall–Kier alpha value is -2.09. The highest BCUT2D eigenvalue weighted by atomic mass is 35.5. The van der Waals surface area contributed by atoms with Crippen LogP contribution in [0.5, 0.6) is 0 Å². The van der Waals surface area contributed by atoms with Crippen LogP contribution in [0.2, 0.25) is 10.0 Å². The molecule has 3 heterocycles. The molecule has 1 aromatic carbocycles. The second kappa shape index (κ2) is 8.11. The van der Waals surface area contributed by atoms with Gasteiger partial charge in [-0.3, -0.25) is 4.40 Å². The summed E-state index contributed by atoms with van der Waals surface area (Å²) in [5.41, 5.74) is 3.20. The summed E-state index contributed by atoms with van der Waals surface area (Å²) in [5.74, 6) is 3.20. The number of hydrogen-bond donors (Lipinski definition) is 2. The Kier molecular flexibility index (Phi) is 5.57. The number of fused-ring (bicyclic) bond motifs is 1. The summed E-state index contributed by atoms with van der Waals surface area (Å²) in [6.07, 6.45) is 2.77. The summed E-state index contributed by atoms with van der Waals surface area (Å²) in [6, 6.07) is 7.22. The summed E-state index contributed by atoms with van der Waals surface area (Å²) in [5, 5.41) is 12.5. The van der Waals surface area contributed by atoms with Crippen LogP contribution in [0.1, 0.15) is 5.56 Å². The maximum Gasteiger partial charge on any atom is 0.404 e. The summed E-state index contributed by atoms with van der Waals surface area (Å²) >= 11 is 14.5. The number of thioether (sulfide) groups is 1. The number of imidazole rings is 1. The van der Waals surface area contributed by atoms with Crippen molar-refractivity contribution >= 4 is 52.5 Å². The van der Waals surface area contributed by atoms with Gasteiger partial charge in [-0.2, -0.15) is 11.8 Å². The fourth-order valence-corrected chi connectivity index (χ4v) is 4.76.